The number of piperidine rings is 1. The highest BCUT2D eigenvalue weighted by Gasteiger charge is 2.27. The van der Waals surface area contributed by atoms with Gasteiger partial charge >= 0.3 is 12.1 Å². The van der Waals surface area contributed by atoms with E-state index in [1.807, 2.05) is 39.1 Å². The van der Waals surface area contributed by atoms with Crippen molar-refractivity contribution in [3.05, 3.63) is 23.9 Å². The van der Waals surface area contributed by atoms with Crippen LogP contribution in [0.2, 0.25) is 0 Å². The molecule has 2 fully saturated rings. The lowest BCUT2D eigenvalue weighted by Gasteiger charge is -2.35. The fraction of sp³-hybridized carbons (Fsp3) is 0.667. The van der Waals surface area contributed by atoms with Gasteiger partial charge in [0.1, 0.15) is 11.4 Å². The molecule has 0 spiro atoms. The summed E-state index contributed by atoms with van der Waals surface area (Å²) in [5.41, 5.74) is 0.468. The van der Waals surface area contributed by atoms with Gasteiger partial charge in [-0.15, -0.1) is 0 Å². The Morgan fingerprint density at radius 3 is 2.24 bits per heavy atom. The number of nitrogens with zero attached hydrogens (tertiary/aromatic N) is 4. The number of piperazine rings is 1. The van der Waals surface area contributed by atoms with Gasteiger partial charge in [-0.3, -0.25) is 0 Å². The maximum atomic E-state index is 12.4. The van der Waals surface area contributed by atoms with E-state index in [0.717, 1.165) is 24.5 Å². The molecule has 0 bridgehead atoms. The van der Waals surface area contributed by atoms with Gasteiger partial charge in [-0.05, 0) is 51.7 Å². The summed E-state index contributed by atoms with van der Waals surface area (Å²) in [4.78, 5) is 34.8. The smallest absolute Gasteiger partial charge is 0.410 e. The minimum absolute atomic E-state index is 0.117. The van der Waals surface area contributed by atoms with Crippen LogP contribution in [0.1, 0.15) is 45.6 Å². The minimum atomic E-state index is -0.511. The van der Waals surface area contributed by atoms with E-state index < -0.39 is 5.60 Å². The molecule has 2 saturated heterocycles. The van der Waals surface area contributed by atoms with E-state index in [2.05, 4.69) is 15.2 Å². The molecular formula is C21H33N5O3. The third-order valence-electron chi connectivity index (χ3n) is 5.15. The van der Waals surface area contributed by atoms with Gasteiger partial charge in [-0.25, -0.2) is 14.6 Å². The molecule has 29 heavy (non-hydrogen) atoms. The molecule has 0 radical (unpaired) electrons. The fourth-order valence-corrected chi connectivity index (χ4v) is 3.54. The van der Waals surface area contributed by atoms with E-state index in [1.165, 1.54) is 19.3 Å². The lowest BCUT2D eigenvalue weighted by atomic mass is 10.1. The molecule has 0 atom stereocenters. The summed E-state index contributed by atoms with van der Waals surface area (Å²) in [5.74, 6) is 1.01. The Bertz CT molecular complexity index is 687. The molecule has 0 aliphatic carbocycles. The average molecular weight is 404 g/mol. The first-order chi connectivity index (χ1) is 13.8. The molecule has 2 aliphatic heterocycles. The number of anilines is 1. The summed E-state index contributed by atoms with van der Waals surface area (Å²) in [6, 6.07) is 3.94. The summed E-state index contributed by atoms with van der Waals surface area (Å²) in [6.45, 7) is 10.1. The first-order valence-corrected chi connectivity index (χ1v) is 10.5. The van der Waals surface area contributed by atoms with Crippen molar-refractivity contribution < 1.29 is 14.3 Å². The molecule has 8 heteroatoms. The normalized spacial score (nSPS) is 17.8. The molecule has 3 heterocycles. The van der Waals surface area contributed by atoms with Gasteiger partial charge < -0.3 is 24.8 Å². The first kappa shape index (κ1) is 21.2. The van der Waals surface area contributed by atoms with Crippen LogP contribution in [-0.2, 0) is 11.3 Å². The average Bonchev–Trinajstić information content (AvgIpc) is 2.72. The first-order valence-electron chi connectivity index (χ1n) is 10.5. The predicted octanol–water partition coefficient (Wildman–Crippen LogP) is 2.83. The van der Waals surface area contributed by atoms with Crippen molar-refractivity contribution in [3.63, 3.8) is 0 Å². The Kier molecular flexibility index (Phi) is 6.82. The lowest BCUT2D eigenvalue weighted by molar-refractivity contribution is 0.0170. The number of amides is 3. The van der Waals surface area contributed by atoms with Crippen LogP contribution in [0.3, 0.4) is 0 Å². The Hall–Kier alpha value is -2.51. The van der Waals surface area contributed by atoms with E-state index in [-0.39, 0.29) is 12.1 Å². The quantitative estimate of drug-likeness (QED) is 0.840. The zero-order chi connectivity index (χ0) is 20.9. The van der Waals surface area contributed by atoms with Gasteiger partial charge in [-0.2, -0.15) is 0 Å². The molecular weight excluding hydrogens is 370 g/mol. The van der Waals surface area contributed by atoms with Crippen LogP contribution in [0.4, 0.5) is 15.4 Å². The largest absolute Gasteiger partial charge is 0.444 e. The van der Waals surface area contributed by atoms with E-state index in [0.29, 0.717) is 32.7 Å². The van der Waals surface area contributed by atoms with Crippen molar-refractivity contribution >= 4 is 17.9 Å². The number of hydrogen-bond donors (Lipinski definition) is 1. The molecule has 3 rings (SSSR count). The molecule has 1 aromatic rings. The van der Waals surface area contributed by atoms with Gasteiger partial charge in [0.2, 0.25) is 0 Å². The summed E-state index contributed by atoms with van der Waals surface area (Å²) < 4.78 is 5.39. The van der Waals surface area contributed by atoms with Crippen molar-refractivity contribution in [2.45, 2.75) is 52.2 Å². The Morgan fingerprint density at radius 1 is 1.00 bits per heavy atom. The zero-order valence-corrected chi connectivity index (χ0v) is 17.8. The van der Waals surface area contributed by atoms with Crippen LogP contribution in [0.5, 0.6) is 0 Å². The number of urea groups is 1. The molecule has 0 saturated carbocycles. The molecule has 160 valence electrons. The summed E-state index contributed by atoms with van der Waals surface area (Å²) >= 11 is 0. The van der Waals surface area contributed by atoms with Crippen LogP contribution in [0.15, 0.2) is 18.3 Å². The van der Waals surface area contributed by atoms with Crippen LogP contribution < -0.4 is 10.2 Å². The molecule has 3 amide bonds. The molecule has 8 nitrogen and oxygen atoms in total. The van der Waals surface area contributed by atoms with Gasteiger partial charge in [0.15, 0.2) is 0 Å². The second-order valence-corrected chi connectivity index (χ2v) is 8.69. The van der Waals surface area contributed by atoms with Crippen LogP contribution in [0, 0.1) is 0 Å². The monoisotopic (exact) mass is 403 g/mol. The van der Waals surface area contributed by atoms with Gasteiger partial charge in [0, 0.05) is 52.0 Å². The lowest BCUT2D eigenvalue weighted by Crippen LogP contribution is -2.53. The van der Waals surface area contributed by atoms with Crippen LogP contribution >= 0.6 is 0 Å². The topological polar surface area (TPSA) is 78.0 Å². The fourth-order valence-electron chi connectivity index (χ4n) is 3.54. The molecule has 1 aromatic heterocycles. The second kappa shape index (κ2) is 9.33. The highest BCUT2D eigenvalue weighted by Crippen LogP contribution is 2.17. The second-order valence-electron chi connectivity index (χ2n) is 8.69. The number of nitrogens with one attached hydrogen (secondary N) is 1. The van der Waals surface area contributed by atoms with Gasteiger partial charge in [-0.1, -0.05) is 6.07 Å². The molecule has 0 unspecified atom stereocenters. The van der Waals surface area contributed by atoms with Crippen molar-refractivity contribution in [3.8, 4) is 0 Å². The summed E-state index contributed by atoms with van der Waals surface area (Å²) in [7, 11) is 0. The van der Waals surface area contributed by atoms with Gasteiger partial charge in [0.05, 0.1) is 0 Å². The number of aromatic nitrogens is 1. The number of carbonyl (C=O) groups excluding carboxylic acids is 2. The van der Waals surface area contributed by atoms with Crippen LogP contribution in [-0.4, -0.2) is 71.8 Å². The third kappa shape index (κ3) is 6.24. The number of ether oxygens (including phenoxy) is 1. The number of pyridine rings is 1. The summed E-state index contributed by atoms with van der Waals surface area (Å²) in [6.07, 6.45) is 5.26. The molecule has 0 aromatic carbocycles. The Morgan fingerprint density at radius 2 is 1.66 bits per heavy atom. The Labute approximate surface area is 173 Å². The maximum Gasteiger partial charge on any atom is 0.410 e. The minimum Gasteiger partial charge on any atom is -0.444 e. The third-order valence-corrected chi connectivity index (χ3v) is 5.15. The standard InChI is InChI=1S/C21H33N5O3/c1-21(2,3)29-20(28)26-13-11-25(12-14-26)19(27)23-16-17-7-8-18(22-15-17)24-9-5-4-6-10-24/h7-8,15H,4-6,9-14,16H2,1-3H3,(H,23,27). The number of rotatable bonds is 3. The number of hydrogen-bond acceptors (Lipinski definition) is 5. The van der Waals surface area contributed by atoms with Gasteiger partial charge in [0.25, 0.3) is 0 Å². The van der Waals surface area contributed by atoms with E-state index in [4.69, 9.17) is 4.74 Å². The zero-order valence-electron chi connectivity index (χ0n) is 17.8. The van der Waals surface area contributed by atoms with Crippen LogP contribution in [0.25, 0.3) is 0 Å². The van der Waals surface area contributed by atoms with Crippen molar-refractivity contribution in [1.29, 1.82) is 0 Å². The predicted molar refractivity (Wildman–Crippen MR) is 112 cm³/mol. The van der Waals surface area contributed by atoms with Crippen molar-refractivity contribution in [2.24, 2.45) is 0 Å². The summed E-state index contributed by atoms with van der Waals surface area (Å²) in [5, 5.41) is 2.95. The van der Waals surface area contributed by atoms with E-state index >= 15 is 0 Å². The highest BCUT2D eigenvalue weighted by molar-refractivity contribution is 5.75. The molecule has 1 N–H and O–H groups in total. The molecule has 2 aliphatic rings. The van der Waals surface area contributed by atoms with E-state index in [9.17, 15) is 9.59 Å². The highest BCUT2D eigenvalue weighted by atomic mass is 16.6. The number of carbonyl (C=O) groups is 2. The SMILES string of the molecule is CC(C)(C)OC(=O)N1CCN(C(=O)NCc2ccc(N3CCCCC3)nc2)CC1. The van der Waals surface area contributed by atoms with E-state index in [1.54, 1.807) is 9.80 Å². The van der Waals surface area contributed by atoms with Crippen molar-refractivity contribution in [1.82, 2.24) is 20.1 Å². The maximum absolute atomic E-state index is 12.4. The Balaban J connectivity index is 1.41. The van der Waals surface area contributed by atoms with Crippen molar-refractivity contribution in [2.75, 3.05) is 44.2 Å².